The van der Waals surface area contributed by atoms with Crippen LogP contribution in [0.5, 0.6) is 0 Å². The minimum Gasteiger partial charge on any atom is -0.455 e. The normalized spacial score (nSPS) is 11.9. The molecule has 1 amide bonds. The molecule has 4 nitrogen and oxygen atoms in total. The van der Waals surface area contributed by atoms with E-state index in [0.717, 1.165) is 10.0 Å². The van der Waals surface area contributed by atoms with Crippen LogP contribution in [0.4, 0.5) is 0 Å². The zero-order valence-corrected chi connectivity index (χ0v) is 16.7. The second kappa shape index (κ2) is 8.66. The molecule has 3 rings (SSSR count). The van der Waals surface area contributed by atoms with Gasteiger partial charge in [-0.3, -0.25) is 9.00 Å². The van der Waals surface area contributed by atoms with Crippen molar-refractivity contribution in [1.82, 2.24) is 5.32 Å². The lowest BCUT2D eigenvalue weighted by molar-refractivity contribution is 0.0921. The van der Waals surface area contributed by atoms with E-state index in [-0.39, 0.29) is 17.4 Å². The summed E-state index contributed by atoms with van der Waals surface area (Å²) in [4.78, 5) is 12.9. The second-order valence-corrected chi connectivity index (χ2v) is 8.33. The van der Waals surface area contributed by atoms with Gasteiger partial charge in [0.05, 0.1) is 16.6 Å². The van der Waals surface area contributed by atoms with Crippen molar-refractivity contribution in [1.29, 1.82) is 0 Å². The third-order valence-corrected chi connectivity index (χ3v) is 5.69. The van der Waals surface area contributed by atoms with Crippen LogP contribution in [0.25, 0.3) is 0 Å². The standard InChI is InChI=1S/C19H15BrClNO3S/c20-14-4-7-17(8-5-14)26(24)12-16-6-9-18(25-16)19(23)22-11-13-2-1-3-15(21)10-13/h1-10H,11-12H2,(H,22,23)/t26-/m1/s1. The van der Waals surface area contributed by atoms with Gasteiger partial charge in [0.15, 0.2) is 5.76 Å². The molecule has 1 heterocycles. The van der Waals surface area contributed by atoms with Gasteiger partial charge in [-0.2, -0.15) is 0 Å². The molecule has 0 radical (unpaired) electrons. The molecule has 134 valence electrons. The van der Waals surface area contributed by atoms with Crippen LogP contribution in [0.15, 0.2) is 74.4 Å². The van der Waals surface area contributed by atoms with Crippen LogP contribution in [0.2, 0.25) is 5.02 Å². The molecule has 3 aromatic rings. The minimum absolute atomic E-state index is 0.190. The molecule has 0 bridgehead atoms. The summed E-state index contributed by atoms with van der Waals surface area (Å²) in [5.74, 6) is 0.572. The van der Waals surface area contributed by atoms with Crippen molar-refractivity contribution in [3.8, 4) is 0 Å². The van der Waals surface area contributed by atoms with Crippen LogP contribution in [0.1, 0.15) is 21.9 Å². The Kier molecular flexibility index (Phi) is 6.29. The summed E-state index contributed by atoms with van der Waals surface area (Å²) in [5.41, 5.74) is 0.897. The van der Waals surface area contributed by atoms with E-state index in [4.69, 9.17) is 16.0 Å². The molecule has 2 aromatic carbocycles. The van der Waals surface area contributed by atoms with Gasteiger partial charge in [-0.05, 0) is 54.1 Å². The molecule has 0 saturated carbocycles. The van der Waals surface area contributed by atoms with Crippen molar-refractivity contribution in [2.24, 2.45) is 0 Å². The van der Waals surface area contributed by atoms with Gasteiger partial charge in [-0.15, -0.1) is 0 Å². The number of rotatable bonds is 6. The summed E-state index contributed by atoms with van der Waals surface area (Å²) in [6, 6.07) is 17.8. The monoisotopic (exact) mass is 451 g/mol. The maximum Gasteiger partial charge on any atom is 0.287 e. The summed E-state index contributed by atoms with van der Waals surface area (Å²) in [6.45, 7) is 0.347. The quantitative estimate of drug-likeness (QED) is 0.577. The number of benzene rings is 2. The van der Waals surface area contributed by atoms with E-state index in [2.05, 4.69) is 21.2 Å². The van der Waals surface area contributed by atoms with Gasteiger partial charge in [0.1, 0.15) is 5.76 Å². The van der Waals surface area contributed by atoms with Gasteiger partial charge in [0.2, 0.25) is 0 Å². The molecule has 0 aliphatic carbocycles. The van der Waals surface area contributed by atoms with Crippen molar-refractivity contribution in [3.63, 3.8) is 0 Å². The van der Waals surface area contributed by atoms with E-state index < -0.39 is 10.8 Å². The van der Waals surface area contributed by atoms with Crippen LogP contribution in [0.3, 0.4) is 0 Å². The van der Waals surface area contributed by atoms with E-state index in [1.165, 1.54) is 0 Å². The predicted octanol–water partition coefficient (Wildman–Crippen LogP) is 4.93. The Morgan fingerprint density at radius 2 is 1.88 bits per heavy atom. The minimum atomic E-state index is -1.24. The molecule has 26 heavy (non-hydrogen) atoms. The van der Waals surface area contributed by atoms with Crippen molar-refractivity contribution in [2.45, 2.75) is 17.2 Å². The first-order chi connectivity index (χ1) is 12.5. The lowest BCUT2D eigenvalue weighted by atomic mass is 10.2. The fraction of sp³-hybridized carbons (Fsp3) is 0.105. The molecule has 0 spiro atoms. The Morgan fingerprint density at radius 1 is 1.12 bits per heavy atom. The lowest BCUT2D eigenvalue weighted by Crippen LogP contribution is -2.22. The topological polar surface area (TPSA) is 59.3 Å². The first-order valence-electron chi connectivity index (χ1n) is 7.76. The maximum absolute atomic E-state index is 12.4. The number of carbonyl (C=O) groups excluding carboxylic acids is 1. The highest BCUT2D eigenvalue weighted by atomic mass is 79.9. The number of nitrogens with one attached hydrogen (secondary N) is 1. The molecule has 0 fully saturated rings. The van der Waals surface area contributed by atoms with E-state index >= 15 is 0 Å². The van der Waals surface area contributed by atoms with Crippen LogP contribution >= 0.6 is 27.5 Å². The SMILES string of the molecule is O=C(NCc1cccc(Cl)c1)c1ccc(C[S@@](=O)c2ccc(Br)cc2)o1. The number of amides is 1. The Labute approximate surface area is 167 Å². The van der Waals surface area contributed by atoms with Crippen molar-refractivity contribution < 1.29 is 13.4 Å². The van der Waals surface area contributed by atoms with Crippen molar-refractivity contribution in [3.05, 3.63) is 87.2 Å². The summed E-state index contributed by atoms with van der Waals surface area (Å²) in [7, 11) is -1.24. The Hall–Kier alpha value is -1.89. The van der Waals surface area contributed by atoms with Gasteiger partial charge in [-0.25, -0.2) is 0 Å². The van der Waals surface area contributed by atoms with E-state index in [9.17, 15) is 9.00 Å². The fourth-order valence-corrected chi connectivity index (χ4v) is 3.79. The molecule has 7 heteroatoms. The largest absolute Gasteiger partial charge is 0.455 e. The Bertz CT molecular complexity index is 940. The Balaban J connectivity index is 1.59. The summed E-state index contributed by atoms with van der Waals surface area (Å²) < 4.78 is 18.8. The zero-order chi connectivity index (χ0) is 18.5. The summed E-state index contributed by atoms with van der Waals surface area (Å²) >= 11 is 9.27. The molecule has 1 atom stereocenters. The molecule has 1 N–H and O–H groups in total. The summed E-state index contributed by atoms with van der Waals surface area (Å²) in [6.07, 6.45) is 0. The average molecular weight is 453 g/mol. The highest BCUT2D eigenvalue weighted by Gasteiger charge is 2.13. The molecular formula is C19H15BrClNO3S. The van der Waals surface area contributed by atoms with Gasteiger partial charge in [0, 0.05) is 20.9 Å². The molecule has 0 unspecified atom stereocenters. The number of furan rings is 1. The van der Waals surface area contributed by atoms with Gasteiger partial charge in [0.25, 0.3) is 5.91 Å². The van der Waals surface area contributed by atoms with Crippen LogP contribution in [-0.2, 0) is 23.1 Å². The smallest absolute Gasteiger partial charge is 0.287 e. The van der Waals surface area contributed by atoms with Crippen LogP contribution < -0.4 is 5.32 Å². The zero-order valence-electron chi connectivity index (χ0n) is 13.6. The van der Waals surface area contributed by atoms with E-state index in [1.807, 2.05) is 24.3 Å². The van der Waals surface area contributed by atoms with E-state index in [1.54, 1.807) is 36.4 Å². The van der Waals surface area contributed by atoms with Crippen LogP contribution in [-0.4, -0.2) is 10.1 Å². The molecule has 1 aromatic heterocycles. The second-order valence-electron chi connectivity index (χ2n) is 5.52. The van der Waals surface area contributed by atoms with Gasteiger partial charge in [-0.1, -0.05) is 39.7 Å². The molecule has 0 aliphatic rings. The highest BCUT2D eigenvalue weighted by Crippen LogP contribution is 2.18. The average Bonchev–Trinajstić information content (AvgIpc) is 3.09. The number of hydrogen-bond acceptors (Lipinski definition) is 3. The molecular weight excluding hydrogens is 438 g/mol. The molecule has 0 aliphatic heterocycles. The number of carbonyl (C=O) groups is 1. The lowest BCUT2D eigenvalue weighted by Gasteiger charge is -2.04. The molecule has 0 saturated heterocycles. The predicted molar refractivity (Wildman–Crippen MR) is 106 cm³/mol. The van der Waals surface area contributed by atoms with Crippen molar-refractivity contribution in [2.75, 3.05) is 0 Å². The number of halogens is 2. The Morgan fingerprint density at radius 3 is 2.62 bits per heavy atom. The third kappa shape index (κ3) is 5.06. The summed E-state index contributed by atoms with van der Waals surface area (Å²) in [5, 5.41) is 3.39. The first-order valence-corrected chi connectivity index (χ1v) is 10.3. The third-order valence-electron chi connectivity index (χ3n) is 3.58. The van der Waals surface area contributed by atoms with Crippen LogP contribution in [0, 0.1) is 0 Å². The first kappa shape index (κ1) is 18.9. The van der Waals surface area contributed by atoms with E-state index in [0.29, 0.717) is 22.2 Å². The van der Waals surface area contributed by atoms with Gasteiger partial charge < -0.3 is 9.73 Å². The maximum atomic E-state index is 12.4. The van der Waals surface area contributed by atoms with Crippen molar-refractivity contribution >= 4 is 44.2 Å². The number of hydrogen-bond donors (Lipinski definition) is 1. The fourth-order valence-electron chi connectivity index (χ4n) is 2.29. The highest BCUT2D eigenvalue weighted by molar-refractivity contribution is 9.10. The van der Waals surface area contributed by atoms with Gasteiger partial charge >= 0.3 is 0 Å².